The molecule has 0 bridgehead atoms. The van der Waals surface area contributed by atoms with Gasteiger partial charge in [-0.25, -0.2) is 4.98 Å². The number of fused-ring (bicyclic) bond motifs is 3. The molecule has 1 aliphatic rings. The minimum Gasteiger partial charge on any atom is -0.494 e. The summed E-state index contributed by atoms with van der Waals surface area (Å²) >= 11 is 0. The number of ether oxygens (including phenoxy) is 2. The lowest BCUT2D eigenvalue weighted by Crippen LogP contribution is -2.08. The predicted octanol–water partition coefficient (Wildman–Crippen LogP) is 6.77. The Morgan fingerprint density at radius 3 is 2.36 bits per heavy atom. The molecule has 28 heavy (non-hydrogen) atoms. The summed E-state index contributed by atoms with van der Waals surface area (Å²) in [5.74, 6) is 1.76. The first-order valence-corrected chi connectivity index (χ1v) is 11.2. The van der Waals surface area contributed by atoms with Crippen molar-refractivity contribution in [1.29, 1.82) is 0 Å². The highest BCUT2D eigenvalue weighted by Crippen LogP contribution is 2.35. The predicted molar refractivity (Wildman–Crippen MR) is 116 cm³/mol. The maximum Gasteiger partial charge on any atom is 0.213 e. The van der Waals surface area contributed by atoms with E-state index in [1.807, 2.05) is 6.07 Å². The maximum atomic E-state index is 5.91. The quantitative estimate of drug-likeness (QED) is 0.380. The third-order valence-electron chi connectivity index (χ3n) is 5.46. The van der Waals surface area contributed by atoms with Gasteiger partial charge in [-0.2, -0.15) is 0 Å². The van der Waals surface area contributed by atoms with E-state index in [9.17, 15) is 0 Å². The molecule has 0 fully saturated rings. The van der Waals surface area contributed by atoms with Crippen molar-refractivity contribution in [3.63, 3.8) is 0 Å². The topological polar surface area (TPSA) is 31.4 Å². The van der Waals surface area contributed by atoms with Crippen LogP contribution in [0.25, 0.3) is 11.1 Å². The van der Waals surface area contributed by atoms with Crippen LogP contribution in [0.4, 0.5) is 0 Å². The summed E-state index contributed by atoms with van der Waals surface area (Å²) in [6.07, 6.45) is 11.9. The van der Waals surface area contributed by atoms with Crippen molar-refractivity contribution in [1.82, 2.24) is 4.98 Å². The molecule has 1 heterocycles. The summed E-state index contributed by atoms with van der Waals surface area (Å²) in [6.45, 7) is 6.01. The molecule has 0 N–H and O–H groups in total. The van der Waals surface area contributed by atoms with Gasteiger partial charge < -0.3 is 9.47 Å². The molecule has 0 saturated heterocycles. The molecule has 152 valence electrons. The van der Waals surface area contributed by atoms with Gasteiger partial charge in [-0.05, 0) is 55.0 Å². The number of aromatic nitrogens is 1. The second-order valence-corrected chi connectivity index (χ2v) is 7.78. The third-order valence-corrected chi connectivity index (χ3v) is 5.46. The summed E-state index contributed by atoms with van der Waals surface area (Å²) in [7, 11) is 0. The van der Waals surface area contributed by atoms with Gasteiger partial charge in [-0.3, -0.25) is 0 Å². The lowest BCUT2D eigenvalue weighted by Gasteiger charge is -2.20. The highest BCUT2D eigenvalue weighted by atomic mass is 16.5. The van der Waals surface area contributed by atoms with Crippen molar-refractivity contribution in [3.05, 3.63) is 41.6 Å². The number of rotatable bonds is 12. The number of pyridine rings is 1. The summed E-state index contributed by atoms with van der Waals surface area (Å²) in [5.41, 5.74) is 5.06. The Balaban J connectivity index is 1.55. The van der Waals surface area contributed by atoms with Crippen LogP contribution >= 0.6 is 0 Å². The molecule has 3 nitrogen and oxygen atoms in total. The number of hydrogen-bond acceptors (Lipinski definition) is 3. The highest BCUT2D eigenvalue weighted by molar-refractivity contribution is 5.73. The Hall–Kier alpha value is -2.03. The minimum absolute atomic E-state index is 0.771. The van der Waals surface area contributed by atoms with Gasteiger partial charge in [0.05, 0.1) is 18.9 Å². The molecule has 0 atom stereocenters. The van der Waals surface area contributed by atoms with E-state index in [1.165, 1.54) is 48.8 Å². The van der Waals surface area contributed by atoms with E-state index in [2.05, 4.69) is 38.1 Å². The van der Waals surface area contributed by atoms with Gasteiger partial charge in [0.1, 0.15) is 5.75 Å². The molecule has 3 heteroatoms. The molecule has 0 spiro atoms. The summed E-state index contributed by atoms with van der Waals surface area (Å²) in [5, 5.41) is 0. The minimum atomic E-state index is 0.771. The van der Waals surface area contributed by atoms with E-state index >= 15 is 0 Å². The fraction of sp³-hybridized carbons (Fsp3) is 0.560. The van der Waals surface area contributed by atoms with E-state index in [1.54, 1.807) is 0 Å². The van der Waals surface area contributed by atoms with Crippen LogP contribution in [0.5, 0.6) is 11.6 Å². The molecule has 0 unspecified atom stereocenters. The molecular weight excluding hydrogens is 346 g/mol. The van der Waals surface area contributed by atoms with Crippen LogP contribution < -0.4 is 9.47 Å². The lowest BCUT2D eigenvalue weighted by molar-refractivity contribution is 0.292. The zero-order valence-electron chi connectivity index (χ0n) is 17.6. The van der Waals surface area contributed by atoms with Crippen LogP contribution in [-0.4, -0.2) is 18.2 Å². The molecule has 1 aromatic carbocycles. The number of unbranched alkanes of at least 4 members (excludes halogenated alkanes) is 6. The summed E-state index contributed by atoms with van der Waals surface area (Å²) < 4.78 is 11.8. The number of aryl methyl sites for hydroxylation is 2. The van der Waals surface area contributed by atoms with Gasteiger partial charge in [-0.15, -0.1) is 0 Å². The Morgan fingerprint density at radius 2 is 1.50 bits per heavy atom. The van der Waals surface area contributed by atoms with Crippen molar-refractivity contribution in [2.24, 2.45) is 0 Å². The van der Waals surface area contributed by atoms with Gasteiger partial charge in [0.2, 0.25) is 5.88 Å². The molecule has 1 aliphatic carbocycles. The first kappa shape index (κ1) is 20.7. The third kappa shape index (κ3) is 5.73. The molecule has 0 radical (unpaired) electrons. The highest BCUT2D eigenvalue weighted by Gasteiger charge is 2.18. The second-order valence-electron chi connectivity index (χ2n) is 7.78. The Morgan fingerprint density at radius 1 is 0.750 bits per heavy atom. The van der Waals surface area contributed by atoms with E-state index < -0.39 is 0 Å². The van der Waals surface area contributed by atoms with Crippen molar-refractivity contribution in [3.8, 4) is 22.8 Å². The summed E-state index contributed by atoms with van der Waals surface area (Å²) in [4.78, 5) is 4.79. The molecule has 0 aliphatic heterocycles. The van der Waals surface area contributed by atoms with E-state index in [-0.39, 0.29) is 0 Å². The van der Waals surface area contributed by atoms with Gasteiger partial charge in [0.15, 0.2) is 0 Å². The van der Waals surface area contributed by atoms with Crippen LogP contribution in [0.1, 0.15) is 76.5 Å². The zero-order valence-corrected chi connectivity index (χ0v) is 17.6. The van der Waals surface area contributed by atoms with Gasteiger partial charge in [0, 0.05) is 11.6 Å². The average Bonchev–Trinajstić information content (AvgIpc) is 2.73. The number of benzene rings is 1. The van der Waals surface area contributed by atoms with Crippen molar-refractivity contribution >= 4 is 0 Å². The van der Waals surface area contributed by atoms with Gasteiger partial charge in [-0.1, -0.05) is 58.4 Å². The van der Waals surface area contributed by atoms with Gasteiger partial charge in [0.25, 0.3) is 0 Å². The Bertz CT molecular complexity index is 741. The standard InChI is InChI=1S/C25H35NO2/c1-3-5-7-8-9-10-18-28-25-16-14-23-22-13-12-21(27-17-6-4-2)19-20(22)11-15-24(23)26-25/h12-14,16,19H,3-11,15,17-18H2,1-2H3. The summed E-state index contributed by atoms with van der Waals surface area (Å²) in [6, 6.07) is 10.7. The Kier molecular flexibility index (Phi) is 8.20. The fourth-order valence-corrected chi connectivity index (χ4v) is 3.77. The van der Waals surface area contributed by atoms with Gasteiger partial charge >= 0.3 is 0 Å². The SMILES string of the molecule is CCCCCCCCOc1ccc2c(n1)CCc1cc(OCCCC)ccc1-2. The number of nitrogens with zero attached hydrogens (tertiary/aromatic N) is 1. The average molecular weight is 382 g/mol. The molecule has 0 saturated carbocycles. The number of hydrogen-bond donors (Lipinski definition) is 0. The van der Waals surface area contributed by atoms with Crippen LogP contribution in [0.15, 0.2) is 30.3 Å². The Labute approximate surface area is 170 Å². The van der Waals surface area contributed by atoms with E-state index in [0.29, 0.717) is 0 Å². The van der Waals surface area contributed by atoms with Crippen molar-refractivity contribution < 1.29 is 9.47 Å². The normalized spacial score (nSPS) is 12.4. The van der Waals surface area contributed by atoms with Crippen LogP contribution in [0, 0.1) is 0 Å². The largest absolute Gasteiger partial charge is 0.494 e. The maximum absolute atomic E-state index is 5.91. The molecule has 3 rings (SSSR count). The smallest absolute Gasteiger partial charge is 0.213 e. The molecule has 2 aromatic rings. The van der Waals surface area contributed by atoms with Crippen LogP contribution in [-0.2, 0) is 12.8 Å². The second kappa shape index (κ2) is 11.1. The van der Waals surface area contributed by atoms with Crippen molar-refractivity contribution in [2.75, 3.05) is 13.2 Å². The molecule has 1 aromatic heterocycles. The zero-order chi connectivity index (χ0) is 19.6. The first-order chi connectivity index (χ1) is 13.8. The molecular formula is C25H35NO2. The van der Waals surface area contributed by atoms with E-state index in [4.69, 9.17) is 14.5 Å². The van der Waals surface area contributed by atoms with Crippen LogP contribution in [0.3, 0.4) is 0 Å². The fourth-order valence-electron chi connectivity index (χ4n) is 3.77. The van der Waals surface area contributed by atoms with Crippen LogP contribution in [0.2, 0.25) is 0 Å². The van der Waals surface area contributed by atoms with E-state index in [0.717, 1.165) is 62.6 Å². The monoisotopic (exact) mass is 381 g/mol. The lowest BCUT2D eigenvalue weighted by atomic mass is 9.88. The molecule has 0 amide bonds. The van der Waals surface area contributed by atoms with Crippen molar-refractivity contribution in [2.45, 2.75) is 78.1 Å². The first-order valence-electron chi connectivity index (χ1n) is 11.2.